The lowest BCUT2D eigenvalue weighted by atomic mass is 10.1. The van der Waals surface area contributed by atoms with E-state index in [0.29, 0.717) is 17.3 Å². The van der Waals surface area contributed by atoms with Crippen LogP contribution < -0.4 is 0 Å². The zero-order chi connectivity index (χ0) is 21.2. The number of imidazole rings is 1. The summed E-state index contributed by atoms with van der Waals surface area (Å²) < 4.78 is 6.06. The van der Waals surface area contributed by atoms with Crippen molar-refractivity contribution < 1.29 is 14.3 Å². The number of H-pyrrole nitrogens is 1. The topological polar surface area (TPSA) is 79.1 Å². The second kappa shape index (κ2) is 7.80. The third-order valence-electron chi connectivity index (χ3n) is 5.07. The number of carboxylic acid groups (broad SMARTS) is 1. The van der Waals surface area contributed by atoms with Gasteiger partial charge in [-0.1, -0.05) is 72.8 Å². The van der Waals surface area contributed by atoms with Crippen LogP contribution in [0.5, 0.6) is 0 Å². The summed E-state index contributed by atoms with van der Waals surface area (Å²) in [6.07, 6.45) is 0. The van der Waals surface area contributed by atoms with Crippen molar-refractivity contribution in [3.63, 3.8) is 0 Å². The van der Waals surface area contributed by atoms with Crippen LogP contribution in [0.1, 0.15) is 10.4 Å². The average Bonchev–Trinajstić information content (AvgIpc) is 3.48. The summed E-state index contributed by atoms with van der Waals surface area (Å²) in [5, 5.41) is 9.08. The minimum atomic E-state index is -0.954. The molecule has 0 bridgehead atoms. The average molecular weight is 406 g/mol. The fourth-order valence-electron chi connectivity index (χ4n) is 3.51. The van der Waals surface area contributed by atoms with Crippen LogP contribution in [0.2, 0.25) is 0 Å². The number of aromatic amines is 1. The van der Waals surface area contributed by atoms with Crippen LogP contribution in [0.4, 0.5) is 0 Å². The molecule has 0 saturated carbocycles. The van der Waals surface area contributed by atoms with Crippen LogP contribution >= 0.6 is 0 Å². The fourth-order valence-corrected chi connectivity index (χ4v) is 3.51. The smallest absolute Gasteiger partial charge is 0.335 e. The molecule has 0 aliphatic carbocycles. The predicted molar refractivity (Wildman–Crippen MR) is 120 cm³/mol. The molecule has 2 heterocycles. The Bertz CT molecular complexity index is 1280. The number of carboxylic acids is 1. The third-order valence-corrected chi connectivity index (χ3v) is 5.07. The van der Waals surface area contributed by atoms with Gasteiger partial charge in [0.1, 0.15) is 5.76 Å². The number of aromatic nitrogens is 2. The summed E-state index contributed by atoms with van der Waals surface area (Å²) in [7, 11) is 0. The molecule has 2 N–H and O–H groups in total. The molecule has 5 rings (SSSR count). The number of nitrogens with one attached hydrogen (secondary N) is 1. The lowest BCUT2D eigenvalue weighted by Gasteiger charge is -2.02. The molecule has 150 valence electrons. The van der Waals surface area contributed by atoms with Crippen molar-refractivity contribution in [2.45, 2.75) is 0 Å². The molecule has 0 aliphatic rings. The molecule has 0 fully saturated rings. The van der Waals surface area contributed by atoms with Gasteiger partial charge in [-0.15, -0.1) is 0 Å². The van der Waals surface area contributed by atoms with Gasteiger partial charge >= 0.3 is 5.97 Å². The van der Waals surface area contributed by atoms with Crippen molar-refractivity contribution >= 4 is 5.97 Å². The Morgan fingerprint density at radius 3 is 1.97 bits per heavy atom. The number of hydrogen-bond donors (Lipinski definition) is 2. The van der Waals surface area contributed by atoms with Crippen molar-refractivity contribution in [2.24, 2.45) is 0 Å². The number of benzene rings is 3. The molecular weight excluding hydrogens is 388 g/mol. The lowest BCUT2D eigenvalue weighted by molar-refractivity contribution is 0.0697. The summed E-state index contributed by atoms with van der Waals surface area (Å²) in [5.74, 6) is 0.929. The zero-order valence-corrected chi connectivity index (χ0v) is 16.4. The maximum absolute atomic E-state index is 11.1. The molecule has 5 heteroatoms. The highest BCUT2D eigenvalue weighted by Gasteiger charge is 2.17. The van der Waals surface area contributed by atoms with Gasteiger partial charge in [-0.05, 0) is 24.3 Å². The Kier molecular flexibility index (Phi) is 4.69. The zero-order valence-electron chi connectivity index (χ0n) is 16.4. The molecule has 5 aromatic rings. The Morgan fingerprint density at radius 1 is 0.710 bits per heavy atom. The van der Waals surface area contributed by atoms with Gasteiger partial charge in [-0.25, -0.2) is 9.78 Å². The minimum absolute atomic E-state index is 0.238. The van der Waals surface area contributed by atoms with E-state index in [1.165, 1.54) is 0 Å². The van der Waals surface area contributed by atoms with E-state index < -0.39 is 5.97 Å². The van der Waals surface area contributed by atoms with Crippen molar-refractivity contribution in [3.05, 3.63) is 103 Å². The molecule has 3 aromatic carbocycles. The number of carbonyl (C=O) groups is 1. The minimum Gasteiger partial charge on any atom is -0.478 e. The SMILES string of the molecule is O=C(O)c1ccc(-c2ccc(-c3nc(-c4ccccc4)c(-c4ccccc4)[nH]3)o2)cc1. The van der Waals surface area contributed by atoms with Crippen LogP contribution in [0.15, 0.2) is 101 Å². The highest BCUT2D eigenvalue weighted by Crippen LogP contribution is 2.34. The second-order valence-electron chi connectivity index (χ2n) is 7.09. The molecule has 0 spiro atoms. The lowest BCUT2D eigenvalue weighted by Crippen LogP contribution is -1.94. The molecule has 0 radical (unpaired) electrons. The first-order chi connectivity index (χ1) is 15.2. The Balaban J connectivity index is 1.56. The van der Waals surface area contributed by atoms with Gasteiger partial charge in [0.25, 0.3) is 0 Å². The van der Waals surface area contributed by atoms with Crippen LogP contribution in [0.3, 0.4) is 0 Å². The largest absolute Gasteiger partial charge is 0.478 e. The molecule has 0 aliphatic heterocycles. The van der Waals surface area contributed by atoms with Gasteiger partial charge in [0.2, 0.25) is 0 Å². The molecule has 0 saturated heterocycles. The van der Waals surface area contributed by atoms with E-state index in [0.717, 1.165) is 28.1 Å². The van der Waals surface area contributed by atoms with Crippen LogP contribution in [-0.2, 0) is 0 Å². The normalized spacial score (nSPS) is 10.8. The number of aromatic carboxylic acids is 1. The van der Waals surface area contributed by atoms with Gasteiger partial charge in [-0.3, -0.25) is 0 Å². The van der Waals surface area contributed by atoms with Gasteiger partial charge in [0.05, 0.1) is 17.0 Å². The van der Waals surface area contributed by atoms with Crippen LogP contribution in [0, 0.1) is 0 Å². The number of rotatable bonds is 5. The first kappa shape index (κ1) is 18.6. The highest BCUT2D eigenvalue weighted by molar-refractivity contribution is 5.88. The standard InChI is InChI=1S/C26H18N2O3/c29-26(30)20-13-11-17(12-14-20)21-15-16-22(31-21)25-27-23(18-7-3-1-4-8-18)24(28-25)19-9-5-2-6-10-19/h1-16H,(H,27,28)(H,29,30). The fraction of sp³-hybridized carbons (Fsp3) is 0. The summed E-state index contributed by atoms with van der Waals surface area (Å²) in [5.41, 5.74) is 4.86. The van der Waals surface area contributed by atoms with Gasteiger partial charge in [0, 0.05) is 16.7 Å². The van der Waals surface area contributed by atoms with E-state index in [9.17, 15) is 4.79 Å². The van der Waals surface area contributed by atoms with Gasteiger partial charge in [0.15, 0.2) is 11.6 Å². The van der Waals surface area contributed by atoms with E-state index in [1.54, 1.807) is 24.3 Å². The molecule has 0 unspecified atom stereocenters. The molecule has 0 atom stereocenters. The van der Waals surface area contributed by atoms with Crippen molar-refractivity contribution in [1.29, 1.82) is 0 Å². The second-order valence-corrected chi connectivity index (χ2v) is 7.09. The van der Waals surface area contributed by atoms with Crippen LogP contribution in [0.25, 0.3) is 45.4 Å². The van der Waals surface area contributed by atoms with E-state index in [1.807, 2.05) is 72.8 Å². The maximum Gasteiger partial charge on any atom is 0.335 e. The van der Waals surface area contributed by atoms with Gasteiger partial charge in [-0.2, -0.15) is 0 Å². The molecule has 31 heavy (non-hydrogen) atoms. The van der Waals surface area contributed by atoms with Crippen LogP contribution in [-0.4, -0.2) is 21.0 Å². The Hall–Kier alpha value is -4.38. The number of furan rings is 1. The first-order valence-corrected chi connectivity index (χ1v) is 9.84. The van der Waals surface area contributed by atoms with E-state index in [2.05, 4.69) is 4.98 Å². The predicted octanol–water partition coefficient (Wildman–Crippen LogP) is 6.37. The Labute approximate surface area is 178 Å². The van der Waals surface area contributed by atoms with E-state index in [-0.39, 0.29) is 5.56 Å². The van der Waals surface area contributed by atoms with E-state index >= 15 is 0 Å². The van der Waals surface area contributed by atoms with Crippen molar-refractivity contribution in [3.8, 4) is 45.4 Å². The van der Waals surface area contributed by atoms with Crippen molar-refractivity contribution in [1.82, 2.24) is 9.97 Å². The van der Waals surface area contributed by atoms with E-state index in [4.69, 9.17) is 14.5 Å². The molecular formula is C26H18N2O3. The van der Waals surface area contributed by atoms with Crippen molar-refractivity contribution in [2.75, 3.05) is 0 Å². The van der Waals surface area contributed by atoms with Gasteiger partial charge < -0.3 is 14.5 Å². The first-order valence-electron chi connectivity index (χ1n) is 9.84. The summed E-state index contributed by atoms with van der Waals surface area (Å²) in [6, 6.07) is 30.4. The quantitative estimate of drug-likeness (QED) is 0.355. The Morgan fingerprint density at radius 2 is 1.32 bits per heavy atom. The maximum atomic E-state index is 11.1. The molecule has 5 nitrogen and oxygen atoms in total. The summed E-state index contributed by atoms with van der Waals surface area (Å²) >= 11 is 0. The number of hydrogen-bond acceptors (Lipinski definition) is 3. The monoisotopic (exact) mass is 406 g/mol. The summed E-state index contributed by atoms with van der Waals surface area (Å²) in [4.78, 5) is 19.3. The molecule has 2 aromatic heterocycles. The third kappa shape index (κ3) is 3.65. The molecule has 0 amide bonds. The highest BCUT2D eigenvalue weighted by atomic mass is 16.4. The summed E-state index contributed by atoms with van der Waals surface area (Å²) in [6.45, 7) is 0. The number of nitrogens with zero attached hydrogens (tertiary/aromatic N) is 1.